The summed E-state index contributed by atoms with van der Waals surface area (Å²) in [6, 6.07) is 5.98. The SMILES string of the molecule is Cc1ccc(NC2CCC(C)C(C)C2)c(C(=O)O)c1. The van der Waals surface area contributed by atoms with Gasteiger partial charge in [0, 0.05) is 11.7 Å². The predicted molar refractivity (Wildman–Crippen MR) is 77.7 cm³/mol. The molecule has 1 saturated carbocycles. The predicted octanol–water partition coefficient (Wildman–Crippen LogP) is 3.93. The van der Waals surface area contributed by atoms with Crippen LogP contribution >= 0.6 is 0 Å². The van der Waals surface area contributed by atoms with E-state index in [-0.39, 0.29) is 0 Å². The van der Waals surface area contributed by atoms with Gasteiger partial charge in [-0.2, -0.15) is 0 Å². The summed E-state index contributed by atoms with van der Waals surface area (Å²) in [6.45, 7) is 6.50. The molecule has 2 rings (SSSR count). The minimum Gasteiger partial charge on any atom is -0.478 e. The minimum atomic E-state index is -0.858. The lowest BCUT2D eigenvalue weighted by Gasteiger charge is -2.33. The fraction of sp³-hybridized carbons (Fsp3) is 0.562. The second-order valence-electron chi connectivity index (χ2n) is 5.96. The summed E-state index contributed by atoms with van der Waals surface area (Å²) in [5.41, 5.74) is 2.12. The molecule has 1 aromatic rings. The molecule has 3 nitrogen and oxygen atoms in total. The summed E-state index contributed by atoms with van der Waals surface area (Å²) in [4.78, 5) is 11.3. The standard InChI is InChI=1S/C16H23NO2/c1-10-4-7-15(14(8-10)16(18)19)17-13-6-5-11(2)12(3)9-13/h4,7-8,11-13,17H,5-6,9H2,1-3H3,(H,18,19). The van der Waals surface area contributed by atoms with Crippen molar-refractivity contribution in [2.45, 2.75) is 46.1 Å². The third kappa shape index (κ3) is 3.28. The average molecular weight is 261 g/mol. The summed E-state index contributed by atoms with van der Waals surface area (Å²) in [6.07, 6.45) is 3.46. The van der Waals surface area contributed by atoms with Crippen LogP contribution in [0.4, 0.5) is 5.69 Å². The van der Waals surface area contributed by atoms with Crippen LogP contribution in [0.2, 0.25) is 0 Å². The van der Waals surface area contributed by atoms with Crippen molar-refractivity contribution in [1.82, 2.24) is 0 Å². The number of carboxylic acids is 1. The van der Waals surface area contributed by atoms with Crippen LogP contribution in [-0.2, 0) is 0 Å². The Morgan fingerprint density at radius 1 is 1.26 bits per heavy atom. The third-order valence-corrected chi connectivity index (χ3v) is 4.36. The molecule has 0 radical (unpaired) electrons. The van der Waals surface area contributed by atoms with Crippen LogP contribution in [0.25, 0.3) is 0 Å². The number of rotatable bonds is 3. The molecule has 0 amide bonds. The first-order valence-corrected chi connectivity index (χ1v) is 7.08. The number of aromatic carboxylic acids is 1. The van der Waals surface area contributed by atoms with Gasteiger partial charge in [-0.05, 0) is 50.2 Å². The number of hydrogen-bond acceptors (Lipinski definition) is 2. The van der Waals surface area contributed by atoms with Gasteiger partial charge in [-0.25, -0.2) is 4.79 Å². The van der Waals surface area contributed by atoms with Crippen molar-refractivity contribution >= 4 is 11.7 Å². The molecular weight excluding hydrogens is 238 g/mol. The zero-order valence-electron chi connectivity index (χ0n) is 11.9. The van der Waals surface area contributed by atoms with Crippen LogP contribution in [0.5, 0.6) is 0 Å². The maximum absolute atomic E-state index is 11.3. The number of anilines is 1. The highest BCUT2D eigenvalue weighted by atomic mass is 16.4. The summed E-state index contributed by atoms with van der Waals surface area (Å²) < 4.78 is 0. The van der Waals surface area contributed by atoms with Gasteiger partial charge in [0.2, 0.25) is 0 Å². The van der Waals surface area contributed by atoms with Gasteiger partial charge >= 0.3 is 5.97 Å². The minimum absolute atomic E-state index is 0.381. The van der Waals surface area contributed by atoms with E-state index in [4.69, 9.17) is 0 Å². The van der Waals surface area contributed by atoms with Gasteiger partial charge in [0.25, 0.3) is 0 Å². The van der Waals surface area contributed by atoms with Gasteiger partial charge in [0.15, 0.2) is 0 Å². The van der Waals surface area contributed by atoms with Crippen molar-refractivity contribution in [2.75, 3.05) is 5.32 Å². The van der Waals surface area contributed by atoms with Gasteiger partial charge < -0.3 is 10.4 Å². The normalized spacial score (nSPS) is 27.0. The first kappa shape index (κ1) is 13.9. The lowest BCUT2D eigenvalue weighted by atomic mass is 9.79. The van der Waals surface area contributed by atoms with E-state index >= 15 is 0 Å². The molecule has 2 N–H and O–H groups in total. The van der Waals surface area contributed by atoms with Crippen LogP contribution in [0.3, 0.4) is 0 Å². The van der Waals surface area contributed by atoms with Crippen LogP contribution in [0.15, 0.2) is 18.2 Å². The molecule has 3 atom stereocenters. The molecule has 0 aromatic heterocycles. The van der Waals surface area contributed by atoms with Gasteiger partial charge in [-0.1, -0.05) is 25.5 Å². The van der Waals surface area contributed by atoms with E-state index in [1.807, 2.05) is 19.1 Å². The molecule has 104 valence electrons. The highest BCUT2D eigenvalue weighted by molar-refractivity contribution is 5.94. The second kappa shape index (κ2) is 5.64. The molecule has 1 aliphatic rings. The first-order valence-electron chi connectivity index (χ1n) is 7.08. The zero-order chi connectivity index (χ0) is 14.0. The van der Waals surface area contributed by atoms with Crippen molar-refractivity contribution in [3.63, 3.8) is 0 Å². The highest BCUT2D eigenvalue weighted by Gasteiger charge is 2.25. The highest BCUT2D eigenvalue weighted by Crippen LogP contribution is 2.31. The molecule has 0 bridgehead atoms. The van der Waals surface area contributed by atoms with E-state index in [1.54, 1.807) is 6.07 Å². The quantitative estimate of drug-likeness (QED) is 0.866. The molecule has 0 heterocycles. The molecule has 1 aromatic carbocycles. The van der Waals surface area contributed by atoms with E-state index in [0.717, 1.165) is 30.0 Å². The smallest absolute Gasteiger partial charge is 0.337 e. The lowest BCUT2D eigenvalue weighted by Crippen LogP contribution is -2.30. The van der Waals surface area contributed by atoms with Gasteiger partial charge in [0.05, 0.1) is 5.56 Å². The van der Waals surface area contributed by atoms with Gasteiger partial charge in [-0.15, -0.1) is 0 Å². The van der Waals surface area contributed by atoms with Crippen molar-refractivity contribution in [3.8, 4) is 0 Å². The number of hydrogen-bond donors (Lipinski definition) is 2. The molecule has 0 saturated heterocycles. The Hall–Kier alpha value is -1.51. The van der Waals surface area contributed by atoms with Crippen molar-refractivity contribution < 1.29 is 9.90 Å². The molecule has 1 fully saturated rings. The molecule has 3 heteroatoms. The lowest BCUT2D eigenvalue weighted by molar-refractivity contribution is 0.0697. The van der Waals surface area contributed by atoms with Crippen molar-refractivity contribution in [3.05, 3.63) is 29.3 Å². The van der Waals surface area contributed by atoms with Crippen molar-refractivity contribution in [1.29, 1.82) is 0 Å². The number of aryl methyl sites for hydroxylation is 1. The Balaban J connectivity index is 2.13. The van der Waals surface area contributed by atoms with Crippen LogP contribution in [0, 0.1) is 18.8 Å². The average Bonchev–Trinajstić information content (AvgIpc) is 2.36. The molecule has 1 aliphatic carbocycles. The summed E-state index contributed by atoms with van der Waals surface area (Å²) >= 11 is 0. The van der Waals surface area contributed by atoms with Crippen LogP contribution in [0.1, 0.15) is 49.0 Å². The Morgan fingerprint density at radius 3 is 2.63 bits per heavy atom. The van der Waals surface area contributed by atoms with Gasteiger partial charge in [-0.3, -0.25) is 0 Å². The summed E-state index contributed by atoms with van der Waals surface area (Å²) in [7, 11) is 0. The maximum Gasteiger partial charge on any atom is 0.337 e. The Kier molecular flexibility index (Phi) is 4.13. The third-order valence-electron chi connectivity index (χ3n) is 4.36. The topological polar surface area (TPSA) is 49.3 Å². The molecule has 19 heavy (non-hydrogen) atoms. The fourth-order valence-corrected chi connectivity index (χ4v) is 2.86. The fourth-order valence-electron chi connectivity index (χ4n) is 2.86. The Labute approximate surface area is 115 Å². The number of carboxylic acid groups (broad SMARTS) is 1. The zero-order valence-corrected chi connectivity index (χ0v) is 11.9. The number of benzene rings is 1. The van der Waals surface area contributed by atoms with Gasteiger partial charge in [0.1, 0.15) is 0 Å². The van der Waals surface area contributed by atoms with Crippen molar-refractivity contribution in [2.24, 2.45) is 11.8 Å². The van der Waals surface area contributed by atoms with E-state index in [2.05, 4.69) is 19.2 Å². The monoisotopic (exact) mass is 261 g/mol. The number of carbonyl (C=O) groups is 1. The van der Waals surface area contributed by atoms with Crippen LogP contribution in [-0.4, -0.2) is 17.1 Å². The van der Waals surface area contributed by atoms with E-state index in [0.29, 0.717) is 17.5 Å². The Bertz CT molecular complexity index is 470. The Morgan fingerprint density at radius 2 is 2.00 bits per heavy atom. The molecule has 3 unspecified atom stereocenters. The summed E-state index contributed by atoms with van der Waals surface area (Å²) in [5, 5.41) is 12.7. The molecule has 0 aliphatic heterocycles. The molecule has 0 spiro atoms. The van der Waals surface area contributed by atoms with E-state index in [9.17, 15) is 9.90 Å². The maximum atomic E-state index is 11.3. The molecular formula is C16H23NO2. The second-order valence-corrected chi connectivity index (χ2v) is 5.96. The largest absolute Gasteiger partial charge is 0.478 e. The van der Waals surface area contributed by atoms with Crippen LogP contribution < -0.4 is 5.32 Å². The number of nitrogens with one attached hydrogen (secondary N) is 1. The van der Waals surface area contributed by atoms with E-state index in [1.165, 1.54) is 6.42 Å². The van der Waals surface area contributed by atoms with E-state index < -0.39 is 5.97 Å². The summed E-state index contributed by atoms with van der Waals surface area (Å²) in [5.74, 6) is 0.614. The first-order chi connectivity index (χ1) is 8.97.